The number of hydrogen-bond donors (Lipinski definition) is 1. The molecule has 0 fully saturated rings. The average molecular weight is 375 g/mol. The Kier molecular flexibility index (Phi) is 9.15. The maximum Gasteiger partial charge on any atom is 0.410 e. The molecule has 0 spiro atoms. The molecule has 0 saturated carbocycles. The summed E-state index contributed by atoms with van der Waals surface area (Å²) in [4.78, 5) is 14.2. The van der Waals surface area contributed by atoms with E-state index in [1.165, 1.54) is 0 Å². The van der Waals surface area contributed by atoms with Crippen molar-refractivity contribution in [3.05, 3.63) is 0 Å². The second-order valence-electron chi connectivity index (χ2n) is 9.80. The first kappa shape index (κ1) is 24.4. The Bertz CT molecular complexity index is 412. The van der Waals surface area contributed by atoms with Gasteiger partial charge in [0.05, 0.1) is 0 Å². The molecule has 0 heterocycles. The van der Waals surface area contributed by atoms with Gasteiger partial charge in [-0.15, -0.1) is 0 Å². The summed E-state index contributed by atoms with van der Waals surface area (Å²) in [7, 11) is -1.75. The maximum atomic E-state index is 12.5. The van der Waals surface area contributed by atoms with Crippen LogP contribution in [0, 0.1) is 5.92 Å². The van der Waals surface area contributed by atoms with E-state index in [4.69, 9.17) is 14.9 Å². The molecule has 1 unspecified atom stereocenters. The van der Waals surface area contributed by atoms with Crippen molar-refractivity contribution in [1.29, 1.82) is 0 Å². The first-order chi connectivity index (χ1) is 11.1. The lowest BCUT2D eigenvalue weighted by Gasteiger charge is -2.36. The van der Waals surface area contributed by atoms with E-state index in [2.05, 4.69) is 47.7 Å². The van der Waals surface area contributed by atoms with Crippen LogP contribution in [0.15, 0.2) is 0 Å². The first-order valence-electron chi connectivity index (χ1n) is 9.44. The SMILES string of the molecule is CC(C)C(N)CN(CCCO[Si](C)(C)C(C)(C)C)C(=O)OC(C)(C)C. The third-order valence-corrected chi connectivity index (χ3v) is 9.32. The predicted octanol–water partition coefficient (Wildman–Crippen LogP) is 4.62. The highest BCUT2D eigenvalue weighted by Gasteiger charge is 2.37. The van der Waals surface area contributed by atoms with Crippen LogP contribution >= 0.6 is 0 Å². The minimum absolute atomic E-state index is 0.0613. The fourth-order valence-corrected chi connectivity index (χ4v) is 2.94. The van der Waals surface area contributed by atoms with Crippen molar-refractivity contribution < 1.29 is 14.0 Å². The van der Waals surface area contributed by atoms with E-state index in [0.717, 1.165) is 6.42 Å². The standard InChI is InChI=1S/C19H42N2O3Si/c1-15(2)16(20)14-21(17(22)24-18(3,4)5)12-11-13-23-25(9,10)19(6,7)8/h15-16H,11-14,20H2,1-10H3. The molecule has 0 rings (SSSR count). The lowest BCUT2D eigenvalue weighted by Crippen LogP contribution is -2.46. The van der Waals surface area contributed by atoms with Crippen molar-refractivity contribution in [2.75, 3.05) is 19.7 Å². The van der Waals surface area contributed by atoms with E-state index in [1.807, 2.05) is 20.8 Å². The van der Waals surface area contributed by atoms with Crippen LogP contribution in [-0.4, -0.2) is 50.6 Å². The Morgan fingerprint density at radius 2 is 1.64 bits per heavy atom. The highest BCUT2D eigenvalue weighted by Crippen LogP contribution is 2.36. The third-order valence-electron chi connectivity index (χ3n) is 4.78. The van der Waals surface area contributed by atoms with E-state index in [-0.39, 0.29) is 17.2 Å². The molecule has 5 nitrogen and oxygen atoms in total. The summed E-state index contributed by atoms with van der Waals surface area (Å²) in [5.41, 5.74) is 5.67. The molecule has 1 amide bonds. The fraction of sp³-hybridized carbons (Fsp3) is 0.947. The van der Waals surface area contributed by atoms with E-state index in [0.29, 0.717) is 25.6 Å². The summed E-state index contributed by atoms with van der Waals surface area (Å²) in [6.45, 7) is 22.7. The summed E-state index contributed by atoms with van der Waals surface area (Å²) in [6.07, 6.45) is 0.493. The van der Waals surface area contributed by atoms with Gasteiger partial charge in [0.25, 0.3) is 0 Å². The van der Waals surface area contributed by atoms with Gasteiger partial charge in [-0.3, -0.25) is 0 Å². The summed E-state index contributed by atoms with van der Waals surface area (Å²) >= 11 is 0. The highest BCUT2D eigenvalue weighted by molar-refractivity contribution is 6.74. The van der Waals surface area contributed by atoms with Crippen LogP contribution in [0.1, 0.15) is 61.8 Å². The normalized spacial score (nSPS) is 14.6. The van der Waals surface area contributed by atoms with Gasteiger partial charge in [0, 0.05) is 25.7 Å². The molecule has 0 aromatic carbocycles. The van der Waals surface area contributed by atoms with Crippen LogP contribution in [0.25, 0.3) is 0 Å². The Morgan fingerprint density at radius 1 is 1.12 bits per heavy atom. The minimum Gasteiger partial charge on any atom is -0.444 e. The zero-order chi connectivity index (χ0) is 20.1. The summed E-state index contributed by atoms with van der Waals surface area (Å²) in [6, 6.07) is -0.0613. The molecule has 150 valence electrons. The van der Waals surface area contributed by atoms with Gasteiger partial charge in [0.15, 0.2) is 8.32 Å². The molecular formula is C19H42N2O3Si. The van der Waals surface area contributed by atoms with Gasteiger partial charge in [-0.2, -0.15) is 0 Å². The minimum atomic E-state index is -1.75. The van der Waals surface area contributed by atoms with Crippen molar-refractivity contribution in [1.82, 2.24) is 4.90 Å². The zero-order valence-corrected chi connectivity index (χ0v) is 19.2. The van der Waals surface area contributed by atoms with Crippen LogP contribution in [0.2, 0.25) is 18.1 Å². The number of hydrogen-bond acceptors (Lipinski definition) is 4. The number of amides is 1. The second kappa shape index (κ2) is 9.37. The van der Waals surface area contributed by atoms with Crippen LogP contribution in [0.3, 0.4) is 0 Å². The Hall–Kier alpha value is -0.593. The molecule has 2 N–H and O–H groups in total. The molecule has 1 atom stereocenters. The smallest absolute Gasteiger partial charge is 0.410 e. The van der Waals surface area contributed by atoms with Gasteiger partial charge in [-0.1, -0.05) is 34.6 Å². The summed E-state index contributed by atoms with van der Waals surface area (Å²) in [5.74, 6) is 0.313. The fourth-order valence-electron chi connectivity index (χ4n) is 1.85. The number of carbonyl (C=O) groups excluding carboxylic acids is 1. The van der Waals surface area contributed by atoms with Gasteiger partial charge in [-0.05, 0) is 51.2 Å². The Balaban J connectivity index is 4.71. The van der Waals surface area contributed by atoms with Crippen LogP contribution < -0.4 is 5.73 Å². The number of nitrogens with two attached hydrogens (primary N) is 1. The lowest BCUT2D eigenvalue weighted by atomic mass is 10.1. The van der Waals surface area contributed by atoms with Crippen LogP contribution in [0.5, 0.6) is 0 Å². The molecule has 0 aliphatic rings. The molecule has 0 aliphatic heterocycles. The van der Waals surface area contributed by atoms with E-state index in [1.54, 1.807) is 4.90 Å². The van der Waals surface area contributed by atoms with Crippen molar-refractivity contribution in [3.8, 4) is 0 Å². The van der Waals surface area contributed by atoms with Crippen molar-refractivity contribution in [3.63, 3.8) is 0 Å². The molecule has 0 aromatic heterocycles. The molecule has 0 bridgehead atoms. The number of nitrogens with zero attached hydrogens (tertiary/aromatic N) is 1. The third kappa shape index (κ3) is 9.61. The number of ether oxygens (including phenoxy) is 1. The van der Waals surface area contributed by atoms with Gasteiger partial charge in [0.2, 0.25) is 0 Å². The van der Waals surface area contributed by atoms with Crippen molar-refractivity contribution >= 4 is 14.4 Å². The molecule has 0 aromatic rings. The van der Waals surface area contributed by atoms with Crippen molar-refractivity contribution in [2.45, 2.75) is 91.6 Å². The zero-order valence-electron chi connectivity index (χ0n) is 18.2. The lowest BCUT2D eigenvalue weighted by molar-refractivity contribution is 0.0222. The maximum absolute atomic E-state index is 12.5. The largest absolute Gasteiger partial charge is 0.444 e. The van der Waals surface area contributed by atoms with Gasteiger partial charge in [-0.25, -0.2) is 4.79 Å². The highest BCUT2D eigenvalue weighted by atomic mass is 28.4. The Labute approximate surface area is 156 Å². The molecule has 25 heavy (non-hydrogen) atoms. The van der Waals surface area contributed by atoms with E-state index in [9.17, 15) is 4.79 Å². The Morgan fingerprint density at radius 3 is 2.04 bits per heavy atom. The van der Waals surface area contributed by atoms with E-state index < -0.39 is 13.9 Å². The van der Waals surface area contributed by atoms with Crippen molar-refractivity contribution in [2.24, 2.45) is 11.7 Å². The second-order valence-corrected chi connectivity index (χ2v) is 14.6. The average Bonchev–Trinajstić information content (AvgIpc) is 2.38. The quantitative estimate of drug-likeness (QED) is 0.497. The van der Waals surface area contributed by atoms with Crippen LogP contribution in [0.4, 0.5) is 4.79 Å². The van der Waals surface area contributed by atoms with Crippen LogP contribution in [-0.2, 0) is 9.16 Å². The molecule has 0 aliphatic carbocycles. The number of rotatable bonds is 8. The van der Waals surface area contributed by atoms with Gasteiger partial charge < -0.3 is 19.8 Å². The van der Waals surface area contributed by atoms with Gasteiger partial charge >= 0.3 is 6.09 Å². The van der Waals surface area contributed by atoms with Gasteiger partial charge in [0.1, 0.15) is 5.60 Å². The summed E-state index contributed by atoms with van der Waals surface area (Å²) < 4.78 is 11.7. The molecule has 6 heteroatoms. The topological polar surface area (TPSA) is 64.8 Å². The predicted molar refractivity (Wildman–Crippen MR) is 108 cm³/mol. The molecular weight excluding hydrogens is 332 g/mol. The summed E-state index contributed by atoms with van der Waals surface area (Å²) in [5, 5.41) is 0.192. The van der Waals surface area contributed by atoms with E-state index >= 15 is 0 Å². The number of carbonyl (C=O) groups is 1. The molecule has 0 radical (unpaired) electrons. The monoisotopic (exact) mass is 374 g/mol. The first-order valence-corrected chi connectivity index (χ1v) is 12.3. The molecule has 0 saturated heterocycles.